The first-order valence-electron chi connectivity index (χ1n) is 6.91. The fourth-order valence-electron chi connectivity index (χ4n) is 1.96. The fourth-order valence-corrected chi connectivity index (χ4v) is 3.33. The first kappa shape index (κ1) is 16.7. The number of anilines is 1. The van der Waals surface area contributed by atoms with Crippen LogP contribution >= 0.6 is 11.3 Å². The molecule has 0 radical (unpaired) electrons. The second-order valence-electron chi connectivity index (χ2n) is 5.65. The minimum Gasteiger partial charge on any atom is -0.337 e. The minimum absolute atomic E-state index is 0.103. The van der Waals surface area contributed by atoms with E-state index in [2.05, 4.69) is 30.5 Å². The maximum Gasteiger partial charge on any atom is 0.319 e. The third kappa shape index (κ3) is 4.42. The maximum atomic E-state index is 12.0. The predicted molar refractivity (Wildman–Crippen MR) is 93.1 cm³/mol. The van der Waals surface area contributed by atoms with Crippen molar-refractivity contribution in [3.05, 3.63) is 46.7 Å². The Labute approximate surface area is 137 Å². The molecule has 0 aliphatic heterocycles. The highest BCUT2D eigenvalue weighted by atomic mass is 32.2. The van der Waals surface area contributed by atoms with E-state index in [0.717, 1.165) is 4.90 Å². The molecular formula is C16H20N2O2S2. The summed E-state index contributed by atoms with van der Waals surface area (Å²) >= 11 is 1.69. The zero-order valence-electron chi connectivity index (χ0n) is 12.9. The number of thiophene rings is 1. The first-order chi connectivity index (χ1) is 10.4. The van der Waals surface area contributed by atoms with Crippen molar-refractivity contribution in [1.82, 2.24) is 5.32 Å². The zero-order chi connectivity index (χ0) is 16.2. The summed E-state index contributed by atoms with van der Waals surface area (Å²) in [4.78, 5) is 13.9. The van der Waals surface area contributed by atoms with Crippen LogP contribution in [0.2, 0.25) is 0 Å². The van der Waals surface area contributed by atoms with Crippen LogP contribution in [0.15, 0.2) is 46.7 Å². The van der Waals surface area contributed by atoms with Gasteiger partial charge in [-0.25, -0.2) is 4.79 Å². The summed E-state index contributed by atoms with van der Waals surface area (Å²) in [5.74, 6) is 0. The number of carbonyl (C=O) groups excluding carboxylic acids is 1. The number of benzene rings is 1. The molecule has 1 atom stereocenters. The zero-order valence-corrected chi connectivity index (χ0v) is 14.5. The third-order valence-electron chi connectivity index (χ3n) is 3.32. The molecule has 6 heteroatoms. The third-order valence-corrected chi connectivity index (χ3v) is 5.50. The van der Waals surface area contributed by atoms with E-state index in [9.17, 15) is 9.00 Å². The Kier molecular flexibility index (Phi) is 5.37. The van der Waals surface area contributed by atoms with Crippen LogP contribution in [0.1, 0.15) is 18.7 Å². The summed E-state index contributed by atoms with van der Waals surface area (Å²) in [6.07, 6.45) is 1.63. The number of carbonyl (C=O) groups is 1. The van der Waals surface area contributed by atoms with Crippen molar-refractivity contribution < 1.29 is 9.00 Å². The van der Waals surface area contributed by atoms with Crippen molar-refractivity contribution in [3.8, 4) is 0 Å². The van der Waals surface area contributed by atoms with Crippen molar-refractivity contribution in [2.24, 2.45) is 0 Å². The Morgan fingerprint density at radius 3 is 2.45 bits per heavy atom. The molecule has 0 bridgehead atoms. The molecule has 1 aromatic carbocycles. The standard InChI is InChI=1S/C16H20N2O2S2/c1-16(2,14-5-4-10-21-14)11-17-15(19)18-12-6-8-13(9-7-12)22(3)20/h4-10H,11H2,1-3H3,(H2,17,18,19). The Morgan fingerprint density at radius 2 is 1.91 bits per heavy atom. The molecule has 1 unspecified atom stereocenters. The Hall–Kier alpha value is -1.66. The maximum absolute atomic E-state index is 12.0. The average Bonchev–Trinajstić information content (AvgIpc) is 3.01. The lowest BCUT2D eigenvalue weighted by Crippen LogP contribution is -2.38. The first-order valence-corrected chi connectivity index (χ1v) is 9.34. The smallest absolute Gasteiger partial charge is 0.319 e. The second-order valence-corrected chi connectivity index (χ2v) is 7.97. The van der Waals surface area contributed by atoms with Crippen LogP contribution in [0.4, 0.5) is 10.5 Å². The molecule has 118 valence electrons. The van der Waals surface area contributed by atoms with Crippen LogP contribution in [-0.2, 0) is 16.2 Å². The summed E-state index contributed by atoms with van der Waals surface area (Å²) in [5.41, 5.74) is 0.578. The lowest BCUT2D eigenvalue weighted by Gasteiger charge is -2.23. The van der Waals surface area contributed by atoms with Crippen LogP contribution < -0.4 is 10.6 Å². The van der Waals surface area contributed by atoms with Crippen LogP contribution in [0.5, 0.6) is 0 Å². The summed E-state index contributed by atoms with van der Waals surface area (Å²) < 4.78 is 11.3. The number of nitrogens with one attached hydrogen (secondary N) is 2. The summed E-state index contributed by atoms with van der Waals surface area (Å²) in [5, 5.41) is 7.71. The van der Waals surface area contributed by atoms with E-state index in [1.807, 2.05) is 11.4 Å². The summed E-state index contributed by atoms with van der Waals surface area (Å²) in [6, 6.07) is 10.9. The number of hydrogen-bond acceptors (Lipinski definition) is 3. The van der Waals surface area contributed by atoms with Crippen molar-refractivity contribution in [3.63, 3.8) is 0 Å². The van der Waals surface area contributed by atoms with Crippen LogP contribution in [0.3, 0.4) is 0 Å². The van der Waals surface area contributed by atoms with Crippen LogP contribution in [0, 0.1) is 0 Å². The molecule has 4 nitrogen and oxygen atoms in total. The number of hydrogen-bond donors (Lipinski definition) is 2. The van der Waals surface area contributed by atoms with Gasteiger partial charge in [-0.3, -0.25) is 4.21 Å². The highest BCUT2D eigenvalue weighted by Crippen LogP contribution is 2.26. The van der Waals surface area contributed by atoms with E-state index in [1.54, 1.807) is 41.9 Å². The molecule has 2 rings (SSSR count). The van der Waals surface area contributed by atoms with Crippen molar-refractivity contribution >= 4 is 33.9 Å². The molecule has 0 saturated heterocycles. The lowest BCUT2D eigenvalue weighted by atomic mass is 9.91. The van der Waals surface area contributed by atoms with Crippen molar-refractivity contribution in [2.75, 3.05) is 18.1 Å². The monoisotopic (exact) mass is 336 g/mol. The van der Waals surface area contributed by atoms with E-state index < -0.39 is 10.8 Å². The lowest BCUT2D eigenvalue weighted by molar-refractivity contribution is 0.250. The molecule has 2 aromatic rings. The molecule has 0 aliphatic carbocycles. The topological polar surface area (TPSA) is 58.2 Å². The second kappa shape index (κ2) is 7.07. The Morgan fingerprint density at radius 1 is 1.23 bits per heavy atom. The van der Waals surface area contributed by atoms with Gasteiger partial charge >= 0.3 is 6.03 Å². The molecule has 2 N–H and O–H groups in total. The predicted octanol–water partition coefficient (Wildman–Crippen LogP) is 3.58. The largest absolute Gasteiger partial charge is 0.337 e. The number of rotatable bonds is 5. The molecule has 0 saturated carbocycles. The van der Waals surface area contributed by atoms with E-state index in [4.69, 9.17) is 0 Å². The van der Waals surface area contributed by atoms with Gasteiger partial charge in [-0.2, -0.15) is 0 Å². The molecule has 0 spiro atoms. The summed E-state index contributed by atoms with van der Waals surface area (Å²) in [6.45, 7) is 4.76. The number of urea groups is 1. The highest BCUT2D eigenvalue weighted by Gasteiger charge is 2.22. The van der Waals surface area contributed by atoms with Crippen LogP contribution in [-0.4, -0.2) is 23.0 Å². The fraction of sp³-hybridized carbons (Fsp3) is 0.312. The normalized spacial score (nSPS) is 12.7. The minimum atomic E-state index is -1.01. The highest BCUT2D eigenvalue weighted by molar-refractivity contribution is 7.84. The Balaban J connectivity index is 1.89. The van der Waals surface area contributed by atoms with E-state index in [1.165, 1.54) is 4.88 Å². The average molecular weight is 336 g/mol. The molecule has 0 fully saturated rings. The molecule has 22 heavy (non-hydrogen) atoms. The van der Waals surface area contributed by atoms with Gasteiger partial charge in [0.15, 0.2) is 0 Å². The summed E-state index contributed by atoms with van der Waals surface area (Å²) in [7, 11) is -1.01. The van der Waals surface area contributed by atoms with Gasteiger partial charge in [-0.15, -0.1) is 11.3 Å². The van der Waals surface area contributed by atoms with Crippen molar-refractivity contribution in [2.45, 2.75) is 24.2 Å². The van der Waals surface area contributed by atoms with Gasteiger partial charge < -0.3 is 10.6 Å². The van der Waals surface area contributed by atoms with Gasteiger partial charge in [0, 0.05) is 44.5 Å². The van der Waals surface area contributed by atoms with E-state index >= 15 is 0 Å². The number of amides is 2. The molecule has 1 heterocycles. The molecular weight excluding hydrogens is 316 g/mol. The molecule has 1 aromatic heterocycles. The van der Waals surface area contributed by atoms with E-state index in [-0.39, 0.29) is 11.4 Å². The SMILES string of the molecule is CS(=O)c1ccc(NC(=O)NCC(C)(C)c2cccs2)cc1. The van der Waals surface area contributed by atoms with Gasteiger partial charge in [0.2, 0.25) is 0 Å². The quantitative estimate of drug-likeness (QED) is 0.877. The van der Waals surface area contributed by atoms with Gasteiger partial charge in [-0.05, 0) is 35.7 Å². The van der Waals surface area contributed by atoms with Crippen LogP contribution in [0.25, 0.3) is 0 Å². The Bertz CT molecular complexity index is 649. The van der Waals surface area contributed by atoms with E-state index in [0.29, 0.717) is 12.2 Å². The van der Waals surface area contributed by atoms with Gasteiger partial charge in [0.25, 0.3) is 0 Å². The van der Waals surface area contributed by atoms with Gasteiger partial charge in [0.05, 0.1) is 0 Å². The van der Waals surface area contributed by atoms with Crippen molar-refractivity contribution in [1.29, 1.82) is 0 Å². The van der Waals surface area contributed by atoms with Gasteiger partial charge in [0.1, 0.15) is 0 Å². The van der Waals surface area contributed by atoms with Gasteiger partial charge in [-0.1, -0.05) is 19.9 Å². The molecule has 2 amide bonds. The molecule has 0 aliphatic rings.